The average Bonchev–Trinajstić information content (AvgIpc) is 3.43. The molecule has 1 amide bonds. The number of hydrogen-bond acceptors (Lipinski definition) is 3. The predicted octanol–water partition coefficient (Wildman–Crippen LogP) is 22.3. The van der Waals surface area contributed by atoms with Gasteiger partial charge in [-0.05, 0) is 103 Å². The maximum Gasteiger partial charge on any atom is 0.220 e. The molecule has 0 aromatic rings. The lowest BCUT2D eigenvalue weighted by Gasteiger charge is -2.22. The average molecular weight is 1060 g/mol. The van der Waals surface area contributed by atoms with Crippen molar-refractivity contribution in [1.82, 2.24) is 5.32 Å². The highest BCUT2D eigenvalue weighted by Gasteiger charge is 2.20. The topological polar surface area (TPSA) is 69.6 Å². The lowest BCUT2D eigenvalue weighted by Crippen LogP contribution is -2.45. The van der Waals surface area contributed by atoms with E-state index < -0.39 is 12.1 Å². The van der Waals surface area contributed by atoms with Gasteiger partial charge < -0.3 is 15.5 Å². The Morgan fingerprint density at radius 1 is 0.325 bits per heavy atom. The van der Waals surface area contributed by atoms with Gasteiger partial charge in [-0.25, -0.2) is 0 Å². The van der Waals surface area contributed by atoms with E-state index in [-0.39, 0.29) is 12.5 Å². The van der Waals surface area contributed by atoms with E-state index in [1.54, 1.807) is 0 Å². The third-order valence-corrected chi connectivity index (χ3v) is 14.1. The van der Waals surface area contributed by atoms with E-state index in [0.29, 0.717) is 12.8 Å². The predicted molar refractivity (Wildman–Crippen MR) is 345 cm³/mol. The summed E-state index contributed by atoms with van der Waals surface area (Å²) >= 11 is 0. The monoisotopic (exact) mass is 1060 g/mol. The molecule has 4 heteroatoms. The summed E-state index contributed by atoms with van der Waals surface area (Å²) in [6.07, 6.45) is 104. The van der Waals surface area contributed by atoms with Crippen LogP contribution in [0, 0.1) is 0 Å². The Balaban J connectivity index is 3.63. The minimum Gasteiger partial charge on any atom is -0.394 e. The number of rotatable bonds is 58. The van der Waals surface area contributed by atoms with E-state index in [9.17, 15) is 15.0 Å². The fourth-order valence-corrected chi connectivity index (χ4v) is 9.23. The largest absolute Gasteiger partial charge is 0.394 e. The zero-order valence-electron chi connectivity index (χ0n) is 50.4. The van der Waals surface area contributed by atoms with E-state index in [1.807, 2.05) is 0 Å². The van der Waals surface area contributed by atoms with Crippen LogP contribution in [0.2, 0.25) is 0 Å². The maximum atomic E-state index is 12.5. The normalized spacial score (nSPS) is 13.8. The second kappa shape index (κ2) is 66.5. The van der Waals surface area contributed by atoms with Crippen molar-refractivity contribution in [2.24, 2.45) is 0 Å². The number of unbranched alkanes of at least 4 members (excludes halogenated alkanes) is 27. The quantitative estimate of drug-likeness (QED) is 0.0420. The second-order valence-corrected chi connectivity index (χ2v) is 21.5. The van der Waals surface area contributed by atoms with Gasteiger partial charge >= 0.3 is 0 Å². The Morgan fingerprint density at radius 2 is 0.571 bits per heavy atom. The second-order valence-electron chi connectivity index (χ2n) is 21.5. The van der Waals surface area contributed by atoms with Crippen molar-refractivity contribution in [3.63, 3.8) is 0 Å². The van der Waals surface area contributed by atoms with Gasteiger partial charge in [-0.3, -0.25) is 4.79 Å². The molecule has 0 radical (unpaired) electrons. The standard InChI is InChI=1S/C73H123NO3/c1-3-5-7-9-11-13-15-17-19-21-23-25-27-29-30-31-32-33-34-35-36-37-38-39-40-41-42-43-44-45-47-49-51-53-55-57-59-61-63-65-67-69-73(77)74-71(70-75)72(76)68-66-64-62-60-58-56-54-52-50-48-46-28-26-24-22-20-18-16-14-12-10-8-6-4-2/h5,7,11,13,17,19,23,25,29-30,32-33,35-36,38-39,41-42,44-45,49,51,55,57,71-72,75-76H,3-4,6,8-10,12,14-16,18,20-22,24,26-28,31,34,37,40,43,46-48,50,52-54,56,58-70H2,1-2H3,(H,74,77)/b7-5-,13-11-,19-17-,25-23-,30-29-,33-32-,36-35-,39-38-,42-41-,45-44-,51-49-,57-55-. The van der Waals surface area contributed by atoms with Crippen LogP contribution in [0.15, 0.2) is 146 Å². The number of nitrogens with one attached hydrogen (secondary N) is 1. The summed E-state index contributed by atoms with van der Waals surface area (Å²) < 4.78 is 0. The molecular formula is C73H123NO3. The van der Waals surface area contributed by atoms with Crippen LogP contribution in [-0.2, 0) is 4.79 Å². The zero-order chi connectivity index (χ0) is 55.5. The molecule has 0 aliphatic carbocycles. The van der Waals surface area contributed by atoms with Crippen LogP contribution in [0.5, 0.6) is 0 Å². The Hall–Kier alpha value is -3.73. The van der Waals surface area contributed by atoms with Crippen molar-refractivity contribution in [2.45, 2.75) is 302 Å². The van der Waals surface area contributed by atoms with Crippen LogP contribution in [-0.4, -0.2) is 34.9 Å². The molecule has 0 saturated carbocycles. The Labute approximate surface area is 478 Å². The number of allylic oxidation sites excluding steroid dienone is 24. The summed E-state index contributed by atoms with van der Waals surface area (Å²) in [7, 11) is 0. The SMILES string of the molecule is CC/C=C\C/C=C\C/C=C\C/C=C\C/C=C\C/C=C\C/C=C\C/C=C\C/C=C\C/C=C\C/C=C\C/C=C\CCCCCCC(=O)NC(CO)C(O)CCCCCCCCCCCCCCCCCCCCCCCCCC. The van der Waals surface area contributed by atoms with Gasteiger partial charge in [0, 0.05) is 6.42 Å². The van der Waals surface area contributed by atoms with Gasteiger partial charge in [0.1, 0.15) is 0 Å². The molecule has 0 heterocycles. The number of carbonyl (C=O) groups excluding carboxylic acids is 1. The highest BCUT2D eigenvalue weighted by Crippen LogP contribution is 2.17. The van der Waals surface area contributed by atoms with E-state index in [2.05, 4.69) is 165 Å². The van der Waals surface area contributed by atoms with Crippen molar-refractivity contribution in [3.05, 3.63) is 146 Å². The highest BCUT2D eigenvalue weighted by molar-refractivity contribution is 5.76. The molecule has 0 fully saturated rings. The molecule has 0 aliphatic rings. The number of aliphatic hydroxyl groups excluding tert-OH is 2. The van der Waals surface area contributed by atoms with Gasteiger partial charge in [0.2, 0.25) is 5.91 Å². The molecule has 2 unspecified atom stereocenters. The van der Waals surface area contributed by atoms with E-state index in [0.717, 1.165) is 122 Å². The zero-order valence-corrected chi connectivity index (χ0v) is 50.4. The molecule has 0 saturated heterocycles. The van der Waals surface area contributed by atoms with Crippen LogP contribution < -0.4 is 5.32 Å². The summed E-state index contributed by atoms with van der Waals surface area (Å²) in [6.45, 7) is 4.25. The number of carbonyl (C=O) groups is 1. The molecular weight excluding hydrogens is 939 g/mol. The lowest BCUT2D eigenvalue weighted by atomic mass is 10.0. The molecule has 0 rings (SSSR count). The molecule has 3 N–H and O–H groups in total. The summed E-state index contributed by atoms with van der Waals surface area (Å²) in [6, 6.07) is -0.562. The van der Waals surface area contributed by atoms with E-state index >= 15 is 0 Å². The van der Waals surface area contributed by atoms with Crippen molar-refractivity contribution in [2.75, 3.05) is 6.61 Å². The Kier molecular flexibility index (Phi) is 63.3. The van der Waals surface area contributed by atoms with Gasteiger partial charge in [-0.15, -0.1) is 0 Å². The lowest BCUT2D eigenvalue weighted by molar-refractivity contribution is -0.123. The van der Waals surface area contributed by atoms with Gasteiger partial charge in [-0.1, -0.05) is 327 Å². The minimum absolute atomic E-state index is 0.0584. The molecule has 0 aromatic heterocycles. The van der Waals surface area contributed by atoms with Crippen molar-refractivity contribution < 1.29 is 15.0 Å². The summed E-state index contributed by atoms with van der Waals surface area (Å²) in [5.74, 6) is -0.0584. The third-order valence-electron chi connectivity index (χ3n) is 14.1. The van der Waals surface area contributed by atoms with Crippen LogP contribution in [0.25, 0.3) is 0 Å². The minimum atomic E-state index is -0.682. The maximum absolute atomic E-state index is 12.5. The number of aliphatic hydroxyl groups is 2. The molecule has 0 bridgehead atoms. The van der Waals surface area contributed by atoms with Gasteiger partial charge in [-0.2, -0.15) is 0 Å². The van der Waals surface area contributed by atoms with Crippen LogP contribution in [0.3, 0.4) is 0 Å². The summed E-state index contributed by atoms with van der Waals surface area (Å²) in [5, 5.41) is 23.4. The van der Waals surface area contributed by atoms with Gasteiger partial charge in [0.15, 0.2) is 0 Å². The molecule has 0 aliphatic heterocycles. The first-order valence-corrected chi connectivity index (χ1v) is 32.5. The molecule has 438 valence electrons. The van der Waals surface area contributed by atoms with Gasteiger partial charge in [0.05, 0.1) is 18.8 Å². The van der Waals surface area contributed by atoms with Crippen LogP contribution in [0.1, 0.15) is 290 Å². The van der Waals surface area contributed by atoms with Crippen LogP contribution in [0.4, 0.5) is 0 Å². The van der Waals surface area contributed by atoms with Gasteiger partial charge in [0.25, 0.3) is 0 Å². The first-order chi connectivity index (χ1) is 38.2. The molecule has 77 heavy (non-hydrogen) atoms. The summed E-state index contributed by atoms with van der Waals surface area (Å²) in [4.78, 5) is 12.5. The highest BCUT2D eigenvalue weighted by atomic mass is 16.3. The molecule has 0 aromatic carbocycles. The van der Waals surface area contributed by atoms with Crippen molar-refractivity contribution in [3.8, 4) is 0 Å². The smallest absolute Gasteiger partial charge is 0.220 e. The fraction of sp³-hybridized carbons (Fsp3) is 0.658. The van der Waals surface area contributed by atoms with Crippen molar-refractivity contribution >= 4 is 5.91 Å². The van der Waals surface area contributed by atoms with Crippen LogP contribution >= 0.6 is 0 Å². The van der Waals surface area contributed by atoms with Crippen molar-refractivity contribution in [1.29, 1.82) is 0 Å². The first-order valence-electron chi connectivity index (χ1n) is 32.5. The third kappa shape index (κ3) is 63.0. The Bertz CT molecular complexity index is 1580. The van der Waals surface area contributed by atoms with E-state index in [4.69, 9.17) is 0 Å². The first kappa shape index (κ1) is 73.3. The number of amides is 1. The molecule has 2 atom stereocenters. The van der Waals surface area contributed by atoms with E-state index in [1.165, 1.54) is 141 Å². The molecule has 0 spiro atoms. The Morgan fingerprint density at radius 3 is 0.857 bits per heavy atom. The number of hydrogen-bond donors (Lipinski definition) is 3. The molecule has 4 nitrogen and oxygen atoms in total. The fourth-order valence-electron chi connectivity index (χ4n) is 9.23. The summed E-state index contributed by atoms with van der Waals surface area (Å²) in [5.41, 5.74) is 0.